The molecule has 12 heavy (non-hydrogen) atoms. The highest BCUT2D eigenvalue weighted by Crippen LogP contribution is 2.19. The molecule has 64 valence electrons. The maximum absolute atomic E-state index is 10.6. The summed E-state index contributed by atoms with van der Waals surface area (Å²) in [6, 6.07) is 1.40. The van der Waals surface area contributed by atoms with Crippen LogP contribution in [0, 0.1) is 0 Å². The molecule has 4 nitrogen and oxygen atoms in total. The van der Waals surface area contributed by atoms with Crippen LogP contribution in [0.3, 0.4) is 0 Å². The lowest BCUT2D eigenvalue weighted by molar-refractivity contribution is 0.0692. The van der Waals surface area contributed by atoms with E-state index in [0.29, 0.717) is 10.7 Å². The lowest BCUT2D eigenvalue weighted by atomic mass is 10.3. The van der Waals surface area contributed by atoms with Gasteiger partial charge in [-0.3, -0.25) is 0 Å². The van der Waals surface area contributed by atoms with Gasteiger partial charge >= 0.3 is 5.97 Å². The second-order valence-corrected chi connectivity index (χ2v) is 2.93. The summed E-state index contributed by atoms with van der Waals surface area (Å²) in [7, 11) is 0. The molecular weight excluding hydrogens is 176 g/mol. The van der Waals surface area contributed by atoms with E-state index in [9.17, 15) is 4.79 Å². The Kier molecular flexibility index (Phi) is 2.54. The Balaban J connectivity index is 3.21. The van der Waals surface area contributed by atoms with Crippen molar-refractivity contribution in [3.05, 3.63) is 17.8 Å². The van der Waals surface area contributed by atoms with E-state index >= 15 is 0 Å². The summed E-state index contributed by atoms with van der Waals surface area (Å²) < 4.78 is 0. The number of pyridine rings is 1. The number of anilines is 1. The first-order valence-corrected chi connectivity index (χ1v) is 4.40. The topological polar surface area (TPSA) is 76.2 Å². The van der Waals surface area contributed by atoms with Gasteiger partial charge in [0.2, 0.25) is 0 Å². The van der Waals surface area contributed by atoms with E-state index in [4.69, 9.17) is 10.8 Å². The van der Waals surface area contributed by atoms with Gasteiger partial charge in [0.1, 0.15) is 5.03 Å². The molecule has 0 bridgehead atoms. The molecule has 1 aromatic rings. The van der Waals surface area contributed by atoms with Crippen LogP contribution in [0.25, 0.3) is 0 Å². The average molecular weight is 184 g/mol. The first-order valence-electron chi connectivity index (χ1n) is 3.18. The van der Waals surface area contributed by atoms with Gasteiger partial charge < -0.3 is 10.8 Å². The van der Waals surface area contributed by atoms with Crippen LogP contribution in [0.4, 0.5) is 5.69 Å². The Hall–Kier alpha value is -1.23. The Morgan fingerprint density at radius 2 is 2.42 bits per heavy atom. The van der Waals surface area contributed by atoms with Crippen LogP contribution in [0.1, 0.15) is 10.4 Å². The van der Waals surface area contributed by atoms with Crippen molar-refractivity contribution in [1.82, 2.24) is 4.98 Å². The SMILES string of the molecule is CSc1ncc(N)cc1C(=O)O. The van der Waals surface area contributed by atoms with E-state index in [1.807, 2.05) is 0 Å². The number of hydrogen-bond donors (Lipinski definition) is 2. The van der Waals surface area contributed by atoms with Gasteiger partial charge in [0.05, 0.1) is 17.4 Å². The molecule has 5 heteroatoms. The third kappa shape index (κ3) is 1.68. The molecule has 0 saturated heterocycles. The van der Waals surface area contributed by atoms with Crippen LogP contribution in [0.2, 0.25) is 0 Å². The van der Waals surface area contributed by atoms with Crippen molar-refractivity contribution in [3.63, 3.8) is 0 Å². The van der Waals surface area contributed by atoms with Crippen LogP contribution in [0.5, 0.6) is 0 Å². The molecule has 0 saturated carbocycles. The maximum Gasteiger partial charge on any atom is 0.338 e. The normalized spacial score (nSPS) is 9.75. The van der Waals surface area contributed by atoms with E-state index in [0.717, 1.165) is 0 Å². The van der Waals surface area contributed by atoms with Crippen LogP contribution < -0.4 is 5.73 Å². The van der Waals surface area contributed by atoms with E-state index in [-0.39, 0.29) is 5.56 Å². The zero-order chi connectivity index (χ0) is 9.14. The molecule has 0 atom stereocenters. The van der Waals surface area contributed by atoms with Crippen LogP contribution in [-0.2, 0) is 0 Å². The van der Waals surface area contributed by atoms with Crippen molar-refractivity contribution in [2.24, 2.45) is 0 Å². The average Bonchev–Trinajstić information content (AvgIpc) is 2.04. The lowest BCUT2D eigenvalue weighted by Crippen LogP contribution is -2.02. The number of nitrogens with zero attached hydrogens (tertiary/aromatic N) is 1. The highest BCUT2D eigenvalue weighted by molar-refractivity contribution is 7.98. The zero-order valence-corrected chi connectivity index (χ0v) is 7.26. The van der Waals surface area contributed by atoms with Gasteiger partial charge in [-0.15, -0.1) is 11.8 Å². The number of carboxylic acid groups (broad SMARTS) is 1. The number of aromatic nitrogens is 1. The van der Waals surface area contributed by atoms with Gasteiger partial charge in [-0.05, 0) is 12.3 Å². The monoisotopic (exact) mass is 184 g/mol. The van der Waals surface area contributed by atoms with Gasteiger partial charge in [0.25, 0.3) is 0 Å². The van der Waals surface area contributed by atoms with Crippen LogP contribution in [0.15, 0.2) is 17.3 Å². The fourth-order valence-electron chi connectivity index (χ4n) is 0.784. The Bertz CT molecular complexity index is 314. The molecule has 0 aliphatic heterocycles. The minimum Gasteiger partial charge on any atom is -0.478 e. The standard InChI is InChI=1S/C7H8N2O2S/c1-12-6-5(7(10)11)2-4(8)3-9-6/h2-3H,8H2,1H3,(H,10,11). The Morgan fingerprint density at radius 3 is 2.92 bits per heavy atom. The van der Waals surface area contributed by atoms with Crippen LogP contribution >= 0.6 is 11.8 Å². The number of nitrogen functional groups attached to an aromatic ring is 1. The third-order valence-corrected chi connectivity index (χ3v) is 2.01. The summed E-state index contributed by atoms with van der Waals surface area (Å²) in [5.74, 6) is -1.00. The van der Waals surface area contributed by atoms with Gasteiger partial charge in [0.15, 0.2) is 0 Å². The number of aromatic carboxylic acids is 1. The number of carboxylic acids is 1. The molecule has 0 spiro atoms. The van der Waals surface area contributed by atoms with Gasteiger partial charge in [0, 0.05) is 0 Å². The summed E-state index contributed by atoms with van der Waals surface area (Å²) in [5.41, 5.74) is 5.91. The number of nitrogens with two attached hydrogens (primary N) is 1. The van der Waals surface area contributed by atoms with E-state index < -0.39 is 5.97 Å². The minimum atomic E-state index is -1.00. The predicted octanol–water partition coefficient (Wildman–Crippen LogP) is 1.08. The van der Waals surface area contributed by atoms with E-state index in [2.05, 4.69) is 4.98 Å². The van der Waals surface area contributed by atoms with E-state index in [1.165, 1.54) is 24.0 Å². The molecule has 0 radical (unpaired) electrons. The first-order chi connectivity index (χ1) is 5.65. The number of rotatable bonds is 2. The Labute approximate surface area is 73.8 Å². The quantitative estimate of drug-likeness (QED) is 0.673. The fourth-order valence-corrected chi connectivity index (χ4v) is 1.31. The number of thioether (sulfide) groups is 1. The van der Waals surface area contributed by atoms with Crippen molar-refractivity contribution >= 4 is 23.4 Å². The molecule has 3 N–H and O–H groups in total. The van der Waals surface area contributed by atoms with Gasteiger partial charge in [-0.1, -0.05) is 0 Å². The van der Waals surface area contributed by atoms with Crippen molar-refractivity contribution in [2.45, 2.75) is 5.03 Å². The second kappa shape index (κ2) is 3.44. The minimum absolute atomic E-state index is 0.155. The molecule has 0 unspecified atom stereocenters. The molecule has 0 aliphatic rings. The molecule has 1 heterocycles. The highest BCUT2D eigenvalue weighted by Gasteiger charge is 2.10. The molecule has 0 aliphatic carbocycles. The number of carbonyl (C=O) groups is 1. The summed E-state index contributed by atoms with van der Waals surface area (Å²) in [4.78, 5) is 14.5. The molecular formula is C7H8N2O2S. The maximum atomic E-state index is 10.6. The molecule has 1 aromatic heterocycles. The smallest absolute Gasteiger partial charge is 0.338 e. The fraction of sp³-hybridized carbons (Fsp3) is 0.143. The van der Waals surface area contributed by atoms with Gasteiger partial charge in [-0.2, -0.15) is 0 Å². The van der Waals surface area contributed by atoms with Crippen molar-refractivity contribution < 1.29 is 9.90 Å². The lowest BCUT2D eigenvalue weighted by Gasteiger charge is -2.01. The van der Waals surface area contributed by atoms with E-state index in [1.54, 1.807) is 6.26 Å². The van der Waals surface area contributed by atoms with Crippen LogP contribution in [-0.4, -0.2) is 22.3 Å². The number of hydrogen-bond acceptors (Lipinski definition) is 4. The molecule has 0 amide bonds. The highest BCUT2D eigenvalue weighted by atomic mass is 32.2. The van der Waals surface area contributed by atoms with Crippen molar-refractivity contribution in [3.8, 4) is 0 Å². The summed E-state index contributed by atoms with van der Waals surface area (Å²) in [6.45, 7) is 0. The summed E-state index contributed by atoms with van der Waals surface area (Å²) >= 11 is 1.28. The van der Waals surface area contributed by atoms with Gasteiger partial charge in [-0.25, -0.2) is 9.78 Å². The zero-order valence-electron chi connectivity index (χ0n) is 6.44. The van der Waals surface area contributed by atoms with Crippen molar-refractivity contribution in [2.75, 3.05) is 12.0 Å². The predicted molar refractivity (Wildman–Crippen MR) is 47.4 cm³/mol. The first kappa shape index (κ1) is 8.86. The second-order valence-electron chi connectivity index (χ2n) is 2.13. The molecule has 0 aromatic carbocycles. The largest absolute Gasteiger partial charge is 0.478 e. The molecule has 0 fully saturated rings. The van der Waals surface area contributed by atoms with Crippen molar-refractivity contribution in [1.29, 1.82) is 0 Å². The third-order valence-electron chi connectivity index (χ3n) is 1.30. The summed E-state index contributed by atoms with van der Waals surface area (Å²) in [6.07, 6.45) is 3.21. The molecule has 1 rings (SSSR count). The summed E-state index contributed by atoms with van der Waals surface area (Å²) in [5, 5.41) is 9.20. The Morgan fingerprint density at radius 1 is 1.75 bits per heavy atom.